The van der Waals surface area contributed by atoms with Crippen molar-refractivity contribution in [1.29, 1.82) is 0 Å². The third-order valence-electron chi connectivity index (χ3n) is 2.02. The van der Waals surface area contributed by atoms with Crippen LogP contribution in [0.25, 0.3) is 11.5 Å². The van der Waals surface area contributed by atoms with Gasteiger partial charge in [0.05, 0.1) is 3.57 Å². The van der Waals surface area contributed by atoms with Gasteiger partial charge in [0, 0.05) is 5.56 Å². The number of nitrogens with zero attached hydrogens (tertiary/aromatic N) is 2. The number of alkyl halides is 3. The van der Waals surface area contributed by atoms with Crippen LogP contribution in [0.3, 0.4) is 0 Å². The zero-order chi connectivity index (χ0) is 13.3. The van der Waals surface area contributed by atoms with E-state index in [4.69, 9.17) is 4.52 Å². The fourth-order valence-electron chi connectivity index (χ4n) is 1.27. The Hall–Kier alpha value is -1.32. The monoisotopic (exact) mass is 370 g/mol. The molecule has 18 heavy (non-hydrogen) atoms. The lowest BCUT2D eigenvalue weighted by Gasteiger charge is -2.00. The third kappa shape index (κ3) is 3.12. The summed E-state index contributed by atoms with van der Waals surface area (Å²) < 4.78 is 41.7. The van der Waals surface area contributed by atoms with E-state index in [-0.39, 0.29) is 11.6 Å². The van der Waals surface area contributed by atoms with Crippen molar-refractivity contribution < 1.29 is 22.8 Å². The van der Waals surface area contributed by atoms with Crippen LogP contribution < -0.4 is 0 Å². The van der Waals surface area contributed by atoms with Gasteiger partial charge in [-0.25, -0.2) is 0 Å². The Labute approximate surface area is 113 Å². The number of rotatable bonds is 2. The molecule has 1 aromatic carbocycles. The highest BCUT2D eigenvalue weighted by Crippen LogP contribution is 2.27. The molecule has 0 unspecified atom stereocenters. The van der Waals surface area contributed by atoms with Crippen LogP contribution in [0.1, 0.15) is 5.82 Å². The van der Waals surface area contributed by atoms with E-state index in [1.165, 1.54) is 6.07 Å². The first kappa shape index (κ1) is 13.1. The predicted molar refractivity (Wildman–Crippen MR) is 63.9 cm³/mol. The molecule has 0 radical (unpaired) electrons. The number of phenolic OH excluding ortho intramolecular Hbond substituents is 1. The lowest BCUT2D eigenvalue weighted by atomic mass is 10.2. The van der Waals surface area contributed by atoms with Crippen molar-refractivity contribution in [3.05, 3.63) is 27.6 Å². The van der Waals surface area contributed by atoms with Crippen LogP contribution in [0.5, 0.6) is 5.75 Å². The molecule has 0 bridgehead atoms. The lowest BCUT2D eigenvalue weighted by Crippen LogP contribution is -2.12. The van der Waals surface area contributed by atoms with Gasteiger partial charge >= 0.3 is 6.18 Å². The van der Waals surface area contributed by atoms with Crippen molar-refractivity contribution in [1.82, 2.24) is 10.1 Å². The molecule has 2 rings (SSSR count). The summed E-state index contributed by atoms with van der Waals surface area (Å²) in [5, 5.41) is 12.7. The minimum Gasteiger partial charge on any atom is -0.507 e. The molecule has 1 aromatic heterocycles. The normalized spacial score (nSPS) is 11.8. The van der Waals surface area contributed by atoms with Crippen molar-refractivity contribution in [3.8, 4) is 17.2 Å². The first-order chi connectivity index (χ1) is 8.35. The second-order valence-corrected chi connectivity index (χ2v) is 4.64. The molecule has 0 saturated heterocycles. The average Bonchev–Trinajstić information content (AvgIpc) is 2.68. The molecule has 8 heteroatoms. The predicted octanol–water partition coefficient (Wildman–Crippen LogP) is 3.15. The Morgan fingerprint density at radius 1 is 1.33 bits per heavy atom. The van der Waals surface area contributed by atoms with E-state index in [9.17, 15) is 18.3 Å². The molecule has 2 aromatic rings. The molecule has 0 spiro atoms. The van der Waals surface area contributed by atoms with Crippen LogP contribution >= 0.6 is 22.6 Å². The summed E-state index contributed by atoms with van der Waals surface area (Å²) in [6.07, 6.45) is -5.62. The number of aromatic nitrogens is 2. The van der Waals surface area contributed by atoms with E-state index < -0.39 is 18.4 Å². The highest BCUT2D eigenvalue weighted by atomic mass is 127. The molecule has 0 fully saturated rings. The Morgan fingerprint density at radius 2 is 2.06 bits per heavy atom. The van der Waals surface area contributed by atoms with E-state index in [0.29, 0.717) is 9.13 Å². The van der Waals surface area contributed by atoms with Crippen LogP contribution in [0.15, 0.2) is 22.7 Å². The van der Waals surface area contributed by atoms with Gasteiger partial charge in [-0.2, -0.15) is 18.2 Å². The van der Waals surface area contributed by atoms with Gasteiger partial charge < -0.3 is 9.63 Å². The summed E-state index contributed by atoms with van der Waals surface area (Å²) in [5.41, 5.74) is 0.369. The van der Waals surface area contributed by atoms with Crippen LogP contribution in [0.2, 0.25) is 0 Å². The van der Waals surface area contributed by atoms with Gasteiger partial charge in [0.2, 0.25) is 0 Å². The summed E-state index contributed by atoms with van der Waals surface area (Å²) >= 11 is 1.92. The van der Waals surface area contributed by atoms with Crippen LogP contribution in [0.4, 0.5) is 13.2 Å². The number of hydrogen-bond acceptors (Lipinski definition) is 4. The SMILES string of the molecule is Oc1cc(-c2nc(CC(F)(F)F)no2)ccc1I. The van der Waals surface area contributed by atoms with Crippen molar-refractivity contribution in [2.24, 2.45) is 0 Å². The number of phenols is 1. The molecule has 1 N–H and O–H groups in total. The Kier molecular flexibility index (Phi) is 3.46. The Bertz CT molecular complexity index is 568. The van der Waals surface area contributed by atoms with E-state index in [0.717, 1.165) is 0 Å². The Balaban J connectivity index is 2.26. The van der Waals surface area contributed by atoms with Gasteiger partial charge in [0.1, 0.15) is 12.2 Å². The standard InChI is InChI=1S/C10H6F3IN2O2/c11-10(12,13)4-8-15-9(18-16-8)5-1-2-6(14)7(17)3-5/h1-3,17H,4H2. The molecule has 0 aliphatic heterocycles. The zero-order valence-corrected chi connectivity index (χ0v) is 10.9. The molecule has 1 heterocycles. The summed E-state index contributed by atoms with van der Waals surface area (Å²) in [6, 6.07) is 4.53. The molecular weight excluding hydrogens is 364 g/mol. The highest BCUT2D eigenvalue weighted by molar-refractivity contribution is 14.1. The van der Waals surface area contributed by atoms with E-state index >= 15 is 0 Å². The van der Waals surface area contributed by atoms with E-state index in [1.54, 1.807) is 12.1 Å². The lowest BCUT2D eigenvalue weighted by molar-refractivity contribution is -0.128. The largest absolute Gasteiger partial charge is 0.507 e. The van der Waals surface area contributed by atoms with Gasteiger partial charge in [-0.15, -0.1) is 0 Å². The van der Waals surface area contributed by atoms with Crippen LogP contribution in [-0.4, -0.2) is 21.4 Å². The summed E-state index contributed by atoms with van der Waals surface area (Å²) in [4.78, 5) is 3.63. The summed E-state index contributed by atoms with van der Waals surface area (Å²) in [5.74, 6) is -0.486. The average molecular weight is 370 g/mol. The molecular formula is C10H6F3IN2O2. The van der Waals surface area contributed by atoms with Crippen molar-refractivity contribution >= 4 is 22.6 Å². The summed E-state index contributed by atoms with van der Waals surface area (Å²) in [6.45, 7) is 0. The van der Waals surface area contributed by atoms with Gasteiger partial charge in [-0.1, -0.05) is 5.16 Å². The molecule has 0 aliphatic carbocycles. The van der Waals surface area contributed by atoms with E-state index in [1.807, 2.05) is 22.6 Å². The third-order valence-corrected chi connectivity index (χ3v) is 2.93. The van der Waals surface area contributed by atoms with Gasteiger partial charge in [0.15, 0.2) is 5.82 Å². The second-order valence-electron chi connectivity index (χ2n) is 3.47. The maximum atomic E-state index is 12.1. The maximum absolute atomic E-state index is 12.1. The number of benzene rings is 1. The van der Waals surface area contributed by atoms with Crippen molar-refractivity contribution in [2.45, 2.75) is 12.6 Å². The molecule has 0 saturated carbocycles. The Morgan fingerprint density at radius 3 is 2.67 bits per heavy atom. The second kappa shape index (κ2) is 4.75. The quantitative estimate of drug-likeness (QED) is 0.826. The minimum absolute atomic E-state index is 0.00340. The number of hydrogen-bond donors (Lipinski definition) is 1. The molecule has 0 amide bonds. The van der Waals surface area contributed by atoms with Crippen molar-refractivity contribution in [2.75, 3.05) is 0 Å². The first-order valence-corrected chi connectivity index (χ1v) is 5.81. The van der Waals surface area contributed by atoms with Gasteiger partial charge in [-0.05, 0) is 40.8 Å². The highest BCUT2D eigenvalue weighted by Gasteiger charge is 2.30. The molecule has 96 valence electrons. The molecule has 0 atom stereocenters. The number of halogens is 4. The van der Waals surface area contributed by atoms with Crippen molar-refractivity contribution in [3.63, 3.8) is 0 Å². The zero-order valence-electron chi connectivity index (χ0n) is 8.70. The van der Waals surface area contributed by atoms with E-state index in [2.05, 4.69) is 10.1 Å². The van der Waals surface area contributed by atoms with Crippen LogP contribution in [-0.2, 0) is 6.42 Å². The van der Waals surface area contributed by atoms with Gasteiger partial charge in [-0.3, -0.25) is 0 Å². The summed E-state index contributed by atoms with van der Waals surface area (Å²) in [7, 11) is 0. The number of aromatic hydroxyl groups is 1. The minimum atomic E-state index is -4.38. The first-order valence-electron chi connectivity index (χ1n) is 4.73. The molecule has 4 nitrogen and oxygen atoms in total. The van der Waals surface area contributed by atoms with Crippen LogP contribution in [0, 0.1) is 3.57 Å². The molecule has 0 aliphatic rings. The fourth-order valence-corrected chi connectivity index (χ4v) is 1.60. The topological polar surface area (TPSA) is 59.2 Å². The fraction of sp³-hybridized carbons (Fsp3) is 0.200. The maximum Gasteiger partial charge on any atom is 0.396 e. The van der Waals surface area contributed by atoms with Gasteiger partial charge in [0.25, 0.3) is 5.89 Å². The smallest absolute Gasteiger partial charge is 0.396 e.